The van der Waals surface area contributed by atoms with Gasteiger partial charge in [0, 0.05) is 62.1 Å². The van der Waals surface area contributed by atoms with Crippen LogP contribution in [0.3, 0.4) is 0 Å². The number of hydrogen-bond acceptors (Lipinski definition) is 4. The fourth-order valence-electron chi connectivity index (χ4n) is 3.80. The molecule has 0 spiro atoms. The molecule has 0 unspecified atom stereocenters. The number of likely N-dealkylation sites (N-methyl/N-ethyl adjacent to an activating group) is 2. The molecule has 0 saturated carbocycles. The van der Waals surface area contributed by atoms with Gasteiger partial charge in [-0.3, -0.25) is 14.5 Å². The smallest absolute Gasteiger partial charge is 0.246 e. The number of nitrogens with one attached hydrogen (secondary N) is 1. The maximum absolute atomic E-state index is 12.6. The Balaban J connectivity index is 1.47. The van der Waals surface area contributed by atoms with Crippen molar-refractivity contribution >= 4 is 34.6 Å². The van der Waals surface area contributed by atoms with Crippen LogP contribution in [0.5, 0.6) is 0 Å². The first-order valence-electron chi connectivity index (χ1n) is 9.84. The van der Waals surface area contributed by atoms with Crippen LogP contribution < -0.4 is 5.32 Å². The lowest BCUT2D eigenvalue weighted by molar-refractivity contribution is -0.125. The molecular weight excluding hydrogens is 378 g/mol. The predicted octanol–water partition coefficient (Wildman–Crippen LogP) is 2.63. The van der Waals surface area contributed by atoms with Gasteiger partial charge in [0.2, 0.25) is 11.8 Å². The number of nitrogens with zero attached hydrogens (tertiary/aromatic N) is 4. The molecule has 1 N–H and O–H groups in total. The van der Waals surface area contributed by atoms with Crippen molar-refractivity contribution in [3.05, 3.63) is 65.5 Å². The van der Waals surface area contributed by atoms with Crippen molar-refractivity contribution in [1.82, 2.24) is 19.4 Å². The summed E-state index contributed by atoms with van der Waals surface area (Å²) < 4.78 is 2.08. The quantitative estimate of drug-likeness (QED) is 0.680. The molecule has 7 nitrogen and oxygen atoms in total. The van der Waals surface area contributed by atoms with Crippen LogP contribution in [-0.2, 0) is 29.7 Å². The van der Waals surface area contributed by atoms with Crippen molar-refractivity contribution < 1.29 is 9.59 Å². The van der Waals surface area contributed by atoms with E-state index in [2.05, 4.69) is 33.2 Å². The third kappa shape index (κ3) is 4.11. The molecule has 1 aliphatic heterocycles. The van der Waals surface area contributed by atoms with E-state index in [0.717, 1.165) is 27.6 Å². The Morgan fingerprint density at radius 1 is 1.27 bits per heavy atom. The normalized spacial score (nSPS) is 14.6. The summed E-state index contributed by atoms with van der Waals surface area (Å²) in [5.41, 5.74) is 4.02. The summed E-state index contributed by atoms with van der Waals surface area (Å²) in [6, 6.07) is 10.1. The summed E-state index contributed by atoms with van der Waals surface area (Å²) in [4.78, 5) is 32.4. The lowest BCUT2D eigenvalue weighted by atomic mass is 10.1. The average Bonchev–Trinajstić information content (AvgIpc) is 2.94. The maximum Gasteiger partial charge on any atom is 0.246 e. The van der Waals surface area contributed by atoms with E-state index in [1.165, 1.54) is 0 Å². The Hall–Kier alpha value is -3.45. The third-order valence-corrected chi connectivity index (χ3v) is 5.28. The zero-order valence-electron chi connectivity index (χ0n) is 17.4. The van der Waals surface area contributed by atoms with Crippen LogP contribution in [0.25, 0.3) is 17.0 Å². The molecule has 0 atom stereocenters. The molecule has 4 rings (SSSR count). The molecule has 0 saturated heterocycles. The third-order valence-electron chi connectivity index (χ3n) is 5.28. The summed E-state index contributed by atoms with van der Waals surface area (Å²) in [5, 5.41) is 3.97. The van der Waals surface area contributed by atoms with Gasteiger partial charge >= 0.3 is 0 Å². The molecule has 3 heterocycles. The molecule has 154 valence electrons. The largest absolute Gasteiger partial charge is 0.350 e. The Kier molecular flexibility index (Phi) is 5.37. The van der Waals surface area contributed by atoms with Gasteiger partial charge in [0.1, 0.15) is 5.82 Å². The second kappa shape index (κ2) is 8.12. The van der Waals surface area contributed by atoms with E-state index < -0.39 is 0 Å². The van der Waals surface area contributed by atoms with E-state index in [9.17, 15) is 9.59 Å². The lowest BCUT2D eigenvalue weighted by Gasteiger charge is -2.14. The number of anilines is 1. The highest BCUT2D eigenvalue weighted by Gasteiger charge is 2.17. The van der Waals surface area contributed by atoms with Crippen LogP contribution in [0.1, 0.15) is 16.7 Å². The number of carbonyl (C=O) groups is 2. The number of pyridine rings is 1. The number of fused-ring (bicyclic) bond motifs is 2. The van der Waals surface area contributed by atoms with E-state index in [-0.39, 0.29) is 11.8 Å². The Morgan fingerprint density at radius 3 is 2.90 bits per heavy atom. The van der Waals surface area contributed by atoms with Gasteiger partial charge in [-0.15, -0.1) is 0 Å². The second-order valence-corrected chi connectivity index (χ2v) is 7.81. The molecule has 0 bridgehead atoms. The Bertz CT molecular complexity index is 1150. The predicted molar refractivity (Wildman–Crippen MR) is 118 cm³/mol. The molecule has 2 aromatic heterocycles. The zero-order valence-corrected chi connectivity index (χ0v) is 17.4. The standard InChI is InChI=1S/C23H25N5O2/c1-26-12-17-10-16(11-24-23(17)25-21(29)15-26)8-9-22(30)28(3)14-18-13-27(2)20-7-5-4-6-19(18)20/h4-11,13H,12,14-15H2,1-3H3,(H,24,25,29). The number of amides is 2. The van der Waals surface area contributed by atoms with Crippen molar-refractivity contribution in [3.8, 4) is 0 Å². The van der Waals surface area contributed by atoms with Gasteiger partial charge in [-0.25, -0.2) is 4.98 Å². The Labute approximate surface area is 175 Å². The van der Waals surface area contributed by atoms with E-state index >= 15 is 0 Å². The van der Waals surface area contributed by atoms with Crippen molar-refractivity contribution in [3.63, 3.8) is 0 Å². The molecule has 1 aromatic carbocycles. The van der Waals surface area contributed by atoms with Crippen molar-refractivity contribution in [2.45, 2.75) is 13.1 Å². The van der Waals surface area contributed by atoms with Gasteiger partial charge in [-0.1, -0.05) is 18.2 Å². The number of benzene rings is 1. The molecule has 0 fully saturated rings. The van der Waals surface area contributed by atoms with Crippen LogP contribution in [0.15, 0.2) is 48.8 Å². The first kappa shape index (κ1) is 19.8. The number of hydrogen-bond donors (Lipinski definition) is 1. The van der Waals surface area contributed by atoms with Gasteiger partial charge in [-0.2, -0.15) is 0 Å². The highest BCUT2D eigenvalue weighted by molar-refractivity contribution is 5.94. The number of aryl methyl sites for hydroxylation is 1. The lowest BCUT2D eigenvalue weighted by Crippen LogP contribution is -2.26. The molecule has 7 heteroatoms. The van der Waals surface area contributed by atoms with Gasteiger partial charge in [-0.05, 0) is 36.4 Å². The van der Waals surface area contributed by atoms with Crippen LogP contribution in [0, 0.1) is 0 Å². The number of aromatic nitrogens is 2. The van der Waals surface area contributed by atoms with Crippen LogP contribution >= 0.6 is 0 Å². The monoisotopic (exact) mass is 403 g/mol. The first-order valence-corrected chi connectivity index (χ1v) is 9.84. The summed E-state index contributed by atoms with van der Waals surface area (Å²) in [7, 11) is 5.70. The molecule has 30 heavy (non-hydrogen) atoms. The van der Waals surface area contributed by atoms with Gasteiger partial charge < -0.3 is 14.8 Å². The summed E-state index contributed by atoms with van der Waals surface area (Å²) >= 11 is 0. The van der Waals surface area contributed by atoms with E-state index in [1.54, 1.807) is 30.3 Å². The summed E-state index contributed by atoms with van der Waals surface area (Å²) in [5.74, 6) is 0.432. The topological polar surface area (TPSA) is 70.5 Å². The first-order chi connectivity index (χ1) is 14.4. The van der Waals surface area contributed by atoms with E-state index in [4.69, 9.17) is 0 Å². The molecular formula is C23H25N5O2. The fourth-order valence-corrected chi connectivity index (χ4v) is 3.80. The average molecular weight is 403 g/mol. The maximum atomic E-state index is 12.6. The molecule has 0 radical (unpaired) electrons. The number of para-hydroxylation sites is 1. The van der Waals surface area contributed by atoms with Gasteiger partial charge in [0.05, 0.1) is 6.54 Å². The molecule has 1 aliphatic rings. The summed E-state index contributed by atoms with van der Waals surface area (Å²) in [6.07, 6.45) is 7.06. The highest BCUT2D eigenvalue weighted by Crippen LogP contribution is 2.22. The highest BCUT2D eigenvalue weighted by atomic mass is 16.2. The zero-order chi connectivity index (χ0) is 21.3. The van der Waals surface area contributed by atoms with Crippen molar-refractivity contribution in [1.29, 1.82) is 0 Å². The number of rotatable bonds is 4. The van der Waals surface area contributed by atoms with Crippen LogP contribution in [0.4, 0.5) is 5.82 Å². The molecule has 0 aliphatic carbocycles. The second-order valence-electron chi connectivity index (χ2n) is 7.81. The Morgan fingerprint density at radius 2 is 2.07 bits per heavy atom. The van der Waals surface area contributed by atoms with Gasteiger partial charge in [0.25, 0.3) is 0 Å². The van der Waals surface area contributed by atoms with E-state index in [0.29, 0.717) is 25.5 Å². The van der Waals surface area contributed by atoms with E-state index in [1.807, 2.05) is 37.2 Å². The minimum Gasteiger partial charge on any atom is -0.350 e. The minimum absolute atomic E-state index is 0.0720. The van der Waals surface area contributed by atoms with Crippen molar-refractivity contribution in [2.24, 2.45) is 7.05 Å². The molecule has 2 amide bonds. The van der Waals surface area contributed by atoms with Crippen LogP contribution in [0.2, 0.25) is 0 Å². The van der Waals surface area contributed by atoms with Crippen molar-refractivity contribution in [2.75, 3.05) is 26.0 Å². The summed E-state index contributed by atoms with van der Waals surface area (Å²) in [6.45, 7) is 1.49. The van der Waals surface area contributed by atoms with Gasteiger partial charge in [0.15, 0.2) is 0 Å². The molecule has 3 aromatic rings. The minimum atomic E-state index is -0.0803. The number of carbonyl (C=O) groups excluding carboxylic acids is 2. The van der Waals surface area contributed by atoms with Crippen LogP contribution in [-0.4, -0.2) is 51.8 Å². The fraction of sp³-hybridized carbons (Fsp3) is 0.261. The SMILES string of the molecule is CN1CC(=O)Nc2ncc(C=CC(=O)N(C)Cc3cn(C)c4ccccc34)cc2C1.